The first-order valence-corrected chi connectivity index (χ1v) is 12.6. The summed E-state index contributed by atoms with van der Waals surface area (Å²) in [6, 6.07) is 14.9. The number of benzene rings is 3. The lowest BCUT2D eigenvalue weighted by Gasteiger charge is -2.12. The second-order valence-electron chi connectivity index (χ2n) is 6.99. The van der Waals surface area contributed by atoms with Gasteiger partial charge in [-0.2, -0.15) is 0 Å². The van der Waals surface area contributed by atoms with Gasteiger partial charge in [0, 0.05) is 16.9 Å². The molecule has 32 heavy (non-hydrogen) atoms. The van der Waals surface area contributed by atoms with Crippen molar-refractivity contribution >= 4 is 43.0 Å². The van der Waals surface area contributed by atoms with Crippen molar-refractivity contribution in [2.45, 2.75) is 11.8 Å². The van der Waals surface area contributed by atoms with Gasteiger partial charge in [-0.05, 0) is 73.2 Å². The maximum absolute atomic E-state index is 13.0. The molecule has 3 rings (SSSR count). The molecule has 0 radical (unpaired) electrons. The van der Waals surface area contributed by atoms with Crippen molar-refractivity contribution in [2.75, 3.05) is 21.0 Å². The Balaban J connectivity index is 1.72. The number of nitrogens with one attached hydrogen (secondary N) is 3. The molecule has 3 aromatic rings. The van der Waals surface area contributed by atoms with E-state index in [1.807, 2.05) is 0 Å². The topological polar surface area (TPSA) is 121 Å². The fraction of sp³-hybridized carbons (Fsp3) is 0.0952. The third-order valence-electron chi connectivity index (χ3n) is 4.31. The molecule has 3 N–H and O–H groups in total. The maximum Gasteiger partial charge on any atom is 0.261 e. The molecule has 0 fully saturated rings. The number of rotatable bonds is 7. The quantitative estimate of drug-likeness (QED) is 0.480. The fourth-order valence-electron chi connectivity index (χ4n) is 2.73. The van der Waals surface area contributed by atoms with Gasteiger partial charge in [0.25, 0.3) is 15.9 Å². The lowest BCUT2D eigenvalue weighted by Crippen LogP contribution is -2.15. The van der Waals surface area contributed by atoms with Gasteiger partial charge >= 0.3 is 0 Å². The summed E-state index contributed by atoms with van der Waals surface area (Å²) in [4.78, 5) is 12.4. The summed E-state index contributed by atoms with van der Waals surface area (Å²) in [5.41, 5.74) is 1.89. The van der Waals surface area contributed by atoms with Crippen LogP contribution in [-0.2, 0) is 20.0 Å². The van der Waals surface area contributed by atoms with Crippen LogP contribution in [0.5, 0.6) is 0 Å². The van der Waals surface area contributed by atoms with Gasteiger partial charge in [-0.15, -0.1) is 0 Å². The molecule has 0 unspecified atom stereocenters. The van der Waals surface area contributed by atoms with Crippen LogP contribution in [0.4, 0.5) is 21.5 Å². The van der Waals surface area contributed by atoms with Crippen LogP contribution in [0.3, 0.4) is 0 Å². The average molecular weight is 478 g/mol. The van der Waals surface area contributed by atoms with E-state index >= 15 is 0 Å². The first kappa shape index (κ1) is 23.2. The third kappa shape index (κ3) is 6.05. The van der Waals surface area contributed by atoms with Crippen molar-refractivity contribution in [1.29, 1.82) is 0 Å². The van der Waals surface area contributed by atoms with Gasteiger partial charge in [0.05, 0.1) is 16.8 Å². The second kappa shape index (κ2) is 8.97. The minimum Gasteiger partial charge on any atom is -0.322 e. The fourth-order valence-corrected chi connectivity index (χ4v) is 4.41. The smallest absolute Gasteiger partial charge is 0.261 e. The highest BCUT2D eigenvalue weighted by Gasteiger charge is 2.15. The zero-order valence-corrected chi connectivity index (χ0v) is 18.7. The third-order valence-corrected chi connectivity index (χ3v) is 6.30. The Labute approximate surface area is 185 Å². The minimum absolute atomic E-state index is 0.0985. The summed E-state index contributed by atoms with van der Waals surface area (Å²) in [5, 5.41) is 2.66. The van der Waals surface area contributed by atoms with Crippen LogP contribution in [0.2, 0.25) is 0 Å². The summed E-state index contributed by atoms with van der Waals surface area (Å²) in [5.74, 6) is -1.01. The van der Waals surface area contributed by atoms with Crippen LogP contribution in [0.15, 0.2) is 71.6 Å². The largest absolute Gasteiger partial charge is 0.322 e. The predicted octanol–water partition coefficient (Wildman–Crippen LogP) is 3.56. The van der Waals surface area contributed by atoms with E-state index in [9.17, 15) is 26.0 Å². The van der Waals surface area contributed by atoms with Crippen molar-refractivity contribution in [2.24, 2.45) is 0 Å². The zero-order valence-electron chi connectivity index (χ0n) is 17.1. The summed E-state index contributed by atoms with van der Waals surface area (Å²) in [7, 11) is -7.39. The van der Waals surface area contributed by atoms with E-state index in [-0.39, 0.29) is 16.1 Å². The standard InChI is InChI=1S/C21H20FN3O5S2/c1-14-3-8-18(13-20(14)25-31(2,27)28)23-21(26)15-4-9-17(10-5-15)24-32(29,30)19-11-6-16(22)7-12-19/h3-13,24-25H,1-2H3,(H,23,26). The van der Waals surface area contributed by atoms with Crippen LogP contribution < -0.4 is 14.8 Å². The van der Waals surface area contributed by atoms with Crippen LogP contribution in [-0.4, -0.2) is 29.0 Å². The number of halogens is 1. The Morgan fingerprint density at radius 2 is 1.41 bits per heavy atom. The Morgan fingerprint density at radius 1 is 0.812 bits per heavy atom. The molecule has 0 atom stereocenters. The monoisotopic (exact) mass is 477 g/mol. The molecular weight excluding hydrogens is 457 g/mol. The van der Waals surface area contributed by atoms with Gasteiger partial charge in [-0.3, -0.25) is 14.2 Å². The van der Waals surface area contributed by atoms with Gasteiger partial charge in [-0.25, -0.2) is 21.2 Å². The van der Waals surface area contributed by atoms with Gasteiger partial charge in [-0.1, -0.05) is 6.07 Å². The Kier molecular flexibility index (Phi) is 6.51. The van der Waals surface area contributed by atoms with Crippen LogP contribution in [0.1, 0.15) is 15.9 Å². The van der Waals surface area contributed by atoms with Crippen molar-refractivity contribution in [3.8, 4) is 0 Å². The molecule has 0 saturated carbocycles. The molecule has 0 bridgehead atoms. The van der Waals surface area contributed by atoms with E-state index in [1.165, 1.54) is 30.3 Å². The van der Waals surface area contributed by atoms with E-state index in [1.54, 1.807) is 19.1 Å². The molecule has 0 saturated heterocycles. The molecule has 168 valence electrons. The molecule has 0 heterocycles. The second-order valence-corrected chi connectivity index (χ2v) is 10.4. The van der Waals surface area contributed by atoms with Gasteiger partial charge < -0.3 is 5.32 Å². The Morgan fingerprint density at radius 3 is 2.00 bits per heavy atom. The Hall–Kier alpha value is -3.44. The molecule has 0 aliphatic carbocycles. The number of amides is 1. The number of hydrogen-bond acceptors (Lipinski definition) is 5. The first-order chi connectivity index (χ1) is 14.9. The number of aryl methyl sites for hydroxylation is 1. The lowest BCUT2D eigenvalue weighted by molar-refractivity contribution is 0.102. The van der Waals surface area contributed by atoms with Crippen LogP contribution in [0, 0.1) is 12.7 Å². The Bertz CT molecular complexity index is 1360. The molecule has 0 spiro atoms. The number of hydrogen-bond donors (Lipinski definition) is 3. The molecule has 3 aromatic carbocycles. The normalized spacial score (nSPS) is 11.6. The number of sulfonamides is 2. The molecule has 0 aliphatic rings. The molecule has 1 amide bonds. The number of carbonyl (C=O) groups excluding carboxylic acids is 1. The SMILES string of the molecule is Cc1ccc(NC(=O)c2ccc(NS(=O)(=O)c3ccc(F)cc3)cc2)cc1NS(C)(=O)=O. The molecular formula is C21H20FN3O5S2. The van der Waals surface area contributed by atoms with Gasteiger partial charge in [0.15, 0.2) is 0 Å². The summed E-state index contributed by atoms with van der Waals surface area (Å²) < 4.78 is 65.5. The van der Waals surface area contributed by atoms with E-state index in [0.29, 0.717) is 16.9 Å². The zero-order chi connectivity index (χ0) is 23.5. The van der Waals surface area contributed by atoms with Crippen molar-refractivity contribution < 1.29 is 26.0 Å². The molecule has 0 aromatic heterocycles. The first-order valence-electron chi connectivity index (χ1n) is 9.21. The van der Waals surface area contributed by atoms with Crippen molar-refractivity contribution in [3.63, 3.8) is 0 Å². The van der Waals surface area contributed by atoms with E-state index in [2.05, 4.69) is 14.8 Å². The van der Waals surface area contributed by atoms with E-state index < -0.39 is 31.8 Å². The average Bonchev–Trinajstić information content (AvgIpc) is 2.70. The van der Waals surface area contributed by atoms with E-state index in [0.717, 1.165) is 30.5 Å². The summed E-state index contributed by atoms with van der Waals surface area (Å²) in [6.07, 6.45) is 1.03. The highest BCUT2D eigenvalue weighted by Crippen LogP contribution is 2.22. The minimum atomic E-state index is -3.91. The predicted molar refractivity (Wildman–Crippen MR) is 121 cm³/mol. The lowest BCUT2D eigenvalue weighted by atomic mass is 10.1. The highest BCUT2D eigenvalue weighted by molar-refractivity contribution is 7.92. The van der Waals surface area contributed by atoms with Crippen LogP contribution >= 0.6 is 0 Å². The van der Waals surface area contributed by atoms with Gasteiger partial charge in [0.1, 0.15) is 5.82 Å². The van der Waals surface area contributed by atoms with E-state index in [4.69, 9.17) is 0 Å². The number of anilines is 3. The van der Waals surface area contributed by atoms with Crippen molar-refractivity contribution in [3.05, 3.63) is 83.7 Å². The molecule has 11 heteroatoms. The summed E-state index contributed by atoms with van der Waals surface area (Å²) in [6.45, 7) is 1.73. The number of carbonyl (C=O) groups is 1. The van der Waals surface area contributed by atoms with Crippen molar-refractivity contribution in [1.82, 2.24) is 0 Å². The molecule has 8 nitrogen and oxygen atoms in total. The highest BCUT2D eigenvalue weighted by atomic mass is 32.2. The summed E-state index contributed by atoms with van der Waals surface area (Å²) >= 11 is 0. The maximum atomic E-state index is 13.0. The van der Waals surface area contributed by atoms with Gasteiger partial charge in [0.2, 0.25) is 10.0 Å². The molecule has 0 aliphatic heterocycles. The van der Waals surface area contributed by atoms with Crippen LogP contribution in [0.25, 0.3) is 0 Å².